The third-order valence-corrected chi connectivity index (χ3v) is 4.53. The molecule has 0 aliphatic rings. The topological polar surface area (TPSA) is 68.7 Å². The van der Waals surface area contributed by atoms with Gasteiger partial charge in [-0.15, -0.1) is 0 Å². The van der Waals surface area contributed by atoms with Gasteiger partial charge in [-0.05, 0) is 64.1 Å². The summed E-state index contributed by atoms with van der Waals surface area (Å²) >= 11 is 0. The van der Waals surface area contributed by atoms with Gasteiger partial charge in [0.1, 0.15) is 40.4 Å². The zero-order chi connectivity index (χ0) is 25.9. The second-order valence-electron chi connectivity index (χ2n) is 8.30. The number of amides is 1. The molecule has 0 spiro atoms. The van der Waals surface area contributed by atoms with E-state index in [0.29, 0.717) is 11.0 Å². The summed E-state index contributed by atoms with van der Waals surface area (Å²) in [6.45, 7) is 6.21. The van der Waals surface area contributed by atoms with E-state index in [2.05, 4.69) is 4.98 Å². The number of carbonyl (C=O) groups excluding carboxylic acids is 2. The Morgan fingerprint density at radius 2 is 1.60 bits per heavy atom. The van der Waals surface area contributed by atoms with Crippen molar-refractivity contribution in [2.45, 2.75) is 33.3 Å². The Balaban J connectivity index is 2.29. The van der Waals surface area contributed by atoms with Crippen LogP contribution in [0.5, 0.6) is 0 Å². The minimum atomic E-state index is -1.18. The van der Waals surface area contributed by atoms with Crippen LogP contribution >= 0.6 is 0 Å². The van der Waals surface area contributed by atoms with E-state index >= 15 is 0 Å². The summed E-state index contributed by atoms with van der Waals surface area (Å²) in [4.78, 5) is 30.3. The number of rotatable bonds is 5. The fourth-order valence-corrected chi connectivity index (χ4v) is 3.14. The number of halogens is 4. The Kier molecular flexibility index (Phi) is 7.42. The number of aromatic nitrogens is 1. The van der Waals surface area contributed by atoms with Gasteiger partial charge in [0.25, 0.3) is 0 Å². The molecule has 2 aromatic carbocycles. The Hall–Kier alpha value is -3.95. The van der Waals surface area contributed by atoms with E-state index in [4.69, 9.17) is 9.47 Å². The molecule has 0 bridgehead atoms. The fourth-order valence-electron chi connectivity index (χ4n) is 3.14. The zero-order valence-corrected chi connectivity index (χ0v) is 19.4. The summed E-state index contributed by atoms with van der Waals surface area (Å²) in [6.07, 6.45) is -1.18. The van der Waals surface area contributed by atoms with Crippen molar-refractivity contribution in [3.05, 3.63) is 77.4 Å². The number of benzene rings is 2. The van der Waals surface area contributed by atoms with Crippen molar-refractivity contribution in [2.75, 3.05) is 11.5 Å². The Bertz CT molecular complexity index is 1250. The summed E-state index contributed by atoms with van der Waals surface area (Å²) in [5, 5.41) is 0. The molecule has 1 aromatic heterocycles. The highest BCUT2D eigenvalue weighted by molar-refractivity contribution is 5.99. The lowest BCUT2D eigenvalue weighted by atomic mass is 10.0. The van der Waals surface area contributed by atoms with Crippen molar-refractivity contribution in [3.8, 4) is 11.3 Å². The Morgan fingerprint density at radius 1 is 0.943 bits per heavy atom. The van der Waals surface area contributed by atoms with Crippen LogP contribution in [0.25, 0.3) is 11.3 Å². The number of nitrogens with zero attached hydrogens (tertiary/aromatic N) is 2. The van der Waals surface area contributed by atoms with E-state index in [1.54, 1.807) is 27.7 Å². The number of ether oxygens (including phenoxy) is 2. The van der Waals surface area contributed by atoms with Gasteiger partial charge in [0.15, 0.2) is 0 Å². The van der Waals surface area contributed by atoms with Crippen LogP contribution in [0, 0.1) is 23.3 Å². The quantitative estimate of drug-likeness (QED) is 0.300. The van der Waals surface area contributed by atoms with Crippen molar-refractivity contribution in [2.24, 2.45) is 0 Å². The van der Waals surface area contributed by atoms with Gasteiger partial charge >= 0.3 is 12.1 Å². The third kappa shape index (κ3) is 5.76. The molecule has 0 N–H and O–H groups in total. The lowest BCUT2D eigenvalue weighted by Crippen LogP contribution is -2.35. The van der Waals surface area contributed by atoms with E-state index < -0.39 is 46.6 Å². The summed E-state index contributed by atoms with van der Waals surface area (Å²) in [5.41, 5.74) is -2.67. The standard InChI is InChI=1S/C25H22F4N2O4/c1-5-34-23(32)16-11-12-20(30-21(16)15-10-9-14(26)13-19(15)29)31(24(33)35-25(2,3)4)22-17(27)7-6-8-18(22)28/h6-13H,5H2,1-4H3. The number of pyridine rings is 1. The first-order chi connectivity index (χ1) is 16.4. The van der Waals surface area contributed by atoms with Crippen molar-refractivity contribution in [3.63, 3.8) is 0 Å². The molecule has 1 amide bonds. The van der Waals surface area contributed by atoms with E-state index in [-0.39, 0.29) is 29.2 Å². The van der Waals surface area contributed by atoms with Crippen LogP contribution in [-0.2, 0) is 9.47 Å². The highest BCUT2D eigenvalue weighted by Crippen LogP contribution is 2.34. The highest BCUT2D eigenvalue weighted by Gasteiger charge is 2.31. The van der Waals surface area contributed by atoms with Crippen molar-refractivity contribution < 1.29 is 36.6 Å². The molecule has 0 saturated heterocycles. The molecule has 0 aliphatic carbocycles. The predicted molar refractivity (Wildman–Crippen MR) is 120 cm³/mol. The molecule has 35 heavy (non-hydrogen) atoms. The molecule has 3 aromatic rings. The normalized spacial score (nSPS) is 11.2. The maximum absolute atomic E-state index is 14.7. The molecule has 6 nitrogen and oxygen atoms in total. The smallest absolute Gasteiger partial charge is 0.420 e. The second-order valence-corrected chi connectivity index (χ2v) is 8.30. The van der Waals surface area contributed by atoms with Gasteiger partial charge in [0.2, 0.25) is 0 Å². The average Bonchev–Trinajstić information content (AvgIpc) is 2.75. The third-order valence-electron chi connectivity index (χ3n) is 4.53. The SMILES string of the molecule is CCOC(=O)c1ccc(N(C(=O)OC(C)(C)C)c2c(F)cccc2F)nc1-c1ccc(F)cc1F. The first kappa shape index (κ1) is 25.7. The molecule has 10 heteroatoms. The van der Waals surface area contributed by atoms with E-state index in [1.165, 1.54) is 0 Å². The minimum Gasteiger partial charge on any atom is -0.462 e. The molecule has 184 valence electrons. The van der Waals surface area contributed by atoms with Crippen molar-refractivity contribution in [1.82, 2.24) is 4.98 Å². The molecule has 0 fully saturated rings. The summed E-state index contributed by atoms with van der Waals surface area (Å²) < 4.78 is 68.0. The zero-order valence-electron chi connectivity index (χ0n) is 19.4. The number of esters is 1. The van der Waals surface area contributed by atoms with Crippen LogP contribution in [-0.4, -0.2) is 29.3 Å². The largest absolute Gasteiger partial charge is 0.462 e. The van der Waals surface area contributed by atoms with Gasteiger partial charge in [-0.25, -0.2) is 37.0 Å². The Labute approximate surface area is 199 Å². The van der Waals surface area contributed by atoms with Crippen molar-refractivity contribution in [1.29, 1.82) is 0 Å². The first-order valence-corrected chi connectivity index (χ1v) is 10.5. The summed E-state index contributed by atoms with van der Waals surface area (Å²) in [7, 11) is 0. The minimum absolute atomic E-state index is 0.00358. The number of anilines is 2. The maximum atomic E-state index is 14.7. The van der Waals surface area contributed by atoms with Gasteiger partial charge in [-0.1, -0.05) is 6.07 Å². The van der Waals surface area contributed by atoms with Gasteiger partial charge in [-0.3, -0.25) is 0 Å². The average molecular weight is 490 g/mol. The van der Waals surface area contributed by atoms with Crippen LogP contribution in [0.4, 0.5) is 33.9 Å². The number of hydrogen-bond donors (Lipinski definition) is 0. The number of para-hydroxylation sites is 1. The van der Waals surface area contributed by atoms with Crippen LogP contribution in [0.1, 0.15) is 38.1 Å². The lowest BCUT2D eigenvalue weighted by Gasteiger charge is -2.27. The Morgan fingerprint density at radius 3 is 2.17 bits per heavy atom. The molecular weight excluding hydrogens is 468 g/mol. The maximum Gasteiger partial charge on any atom is 0.420 e. The first-order valence-electron chi connectivity index (χ1n) is 10.5. The van der Waals surface area contributed by atoms with Gasteiger partial charge in [0.05, 0.1) is 17.9 Å². The molecule has 0 aliphatic heterocycles. The van der Waals surface area contributed by atoms with Gasteiger partial charge in [0, 0.05) is 11.6 Å². The van der Waals surface area contributed by atoms with Crippen LogP contribution in [0.2, 0.25) is 0 Å². The van der Waals surface area contributed by atoms with Gasteiger partial charge in [-0.2, -0.15) is 0 Å². The second kappa shape index (κ2) is 10.1. The van der Waals surface area contributed by atoms with Crippen LogP contribution < -0.4 is 4.90 Å². The molecule has 1 heterocycles. The van der Waals surface area contributed by atoms with Crippen LogP contribution in [0.15, 0.2) is 48.5 Å². The highest BCUT2D eigenvalue weighted by atomic mass is 19.1. The van der Waals surface area contributed by atoms with E-state index in [1.807, 2.05) is 0 Å². The van der Waals surface area contributed by atoms with E-state index in [9.17, 15) is 27.2 Å². The predicted octanol–water partition coefficient (Wildman–Crippen LogP) is 6.55. The summed E-state index contributed by atoms with van der Waals surface area (Å²) in [6, 6.07) is 7.85. The number of carbonyl (C=O) groups is 2. The van der Waals surface area contributed by atoms with Crippen molar-refractivity contribution >= 4 is 23.6 Å². The monoisotopic (exact) mass is 490 g/mol. The van der Waals surface area contributed by atoms with Gasteiger partial charge < -0.3 is 9.47 Å². The molecule has 0 saturated carbocycles. The molecule has 0 atom stereocenters. The molecular formula is C25H22F4N2O4. The number of hydrogen-bond acceptors (Lipinski definition) is 5. The molecule has 0 unspecified atom stereocenters. The molecule has 3 rings (SSSR count). The lowest BCUT2D eigenvalue weighted by molar-refractivity contribution is 0.0526. The summed E-state index contributed by atoms with van der Waals surface area (Å²) in [5.74, 6) is -5.37. The molecule has 0 radical (unpaired) electrons. The fraction of sp³-hybridized carbons (Fsp3) is 0.240. The van der Waals surface area contributed by atoms with E-state index in [0.717, 1.165) is 42.5 Å². The van der Waals surface area contributed by atoms with Crippen LogP contribution in [0.3, 0.4) is 0 Å².